The van der Waals surface area contributed by atoms with Gasteiger partial charge < -0.3 is 18.8 Å². The fourth-order valence-electron chi connectivity index (χ4n) is 2.96. The molecule has 1 heterocycles. The van der Waals surface area contributed by atoms with Gasteiger partial charge in [-0.3, -0.25) is 0 Å². The normalized spacial score (nSPS) is 11.9. The van der Waals surface area contributed by atoms with Gasteiger partial charge in [0.2, 0.25) is 0 Å². The minimum atomic E-state index is -3.81. The highest BCUT2D eigenvalue weighted by molar-refractivity contribution is 7.86. The summed E-state index contributed by atoms with van der Waals surface area (Å²) in [6, 6.07) is 4.29. The predicted molar refractivity (Wildman–Crippen MR) is 111 cm³/mol. The monoisotopic (exact) mass is 439 g/mol. The van der Waals surface area contributed by atoms with Crippen molar-refractivity contribution in [1.29, 1.82) is 0 Å². The molecule has 0 bridgehead atoms. The molecule has 0 spiro atoms. The van der Waals surface area contributed by atoms with E-state index in [0.29, 0.717) is 10.9 Å². The molecule has 1 aromatic carbocycles. The summed E-state index contributed by atoms with van der Waals surface area (Å²) in [6.45, 7) is 8.51. The Morgan fingerprint density at radius 2 is 1.87 bits per heavy atom. The number of rotatable bonds is 6. The van der Waals surface area contributed by atoms with Gasteiger partial charge in [0, 0.05) is 18.1 Å². The average molecular weight is 439 g/mol. The number of aliphatic hydroxyl groups is 1. The molecule has 0 saturated heterocycles. The lowest BCUT2D eigenvalue weighted by molar-refractivity contribution is -0.133. The minimum absolute atomic E-state index is 0.0295. The van der Waals surface area contributed by atoms with Crippen LogP contribution in [0.4, 0.5) is 4.79 Å². The van der Waals surface area contributed by atoms with Crippen molar-refractivity contribution in [3.05, 3.63) is 36.0 Å². The minimum Gasteiger partial charge on any atom is -0.465 e. The standard InChI is InChI=1S/C20H25NO8S/c1-12(18(23)27-5)17-15(9-10-22)14-8-7-13(29-30(6,25)26)11-16(14)21(17)19(24)28-20(2,3)4/h7-8,11,22H,1,9-10H2,2-6H3. The highest BCUT2D eigenvalue weighted by Gasteiger charge is 2.29. The van der Waals surface area contributed by atoms with Crippen molar-refractivity contribution in [2.75, 3.05) is 20.0 Å². The van der Waals surface area contributed by atoms with Crippen molar-refractivity contribution < 1.29 is 36.8 Å². The van der Waals surface area contributed by atoms with Crippen LogP contribution in [0.2, 0.25) is 0 Å². The summed E-state index contributed by atoms with van der Waals surface area (Å²) in [5, 5.41) is 10.0. The molecule has 1 N–H and O–H groups in total. The van der Waals surface area contributed by atoms with Crippen LogP contribution >= 0.6 is 0 Å². The van der Waals surface area contributed by atoms with E-state index >= 15 is 0 Å². The molecule has 0 fully saturated rings. The van der Waals surface area contributed by atoms with E-state index in [4.69, 9.17) is 13.7 Å². The van der Waals surface area contributed by atoms with Crippen molar-refractivity contribution in [3.8, 4) is 5.75 Å². The Morgan fingerprint density at radius 3 is 2.37 bits per heavy atom. The Labute approximate surface area is 175 Å². The third-order valence-electron chi connectivity index (χ3n) is 3.95. The maximum Gasteiger partial charge on any atom is 0.419 e. The molecule has 0 saturated carbocycles. The lowest BCUT2D eigenvalue weighted by Gasteiger charge is -2.21. The van der Waals surface area contributed by atoms with Gasteiger partial charge in [-0.25, -0.2) is 14.2 Å². The summed E-state index contributed by atoms with van der Waals surface area (Å²) in [5.41, 5.74) is -0.172. The summed E-state index contributed by atoms with van der Waals surface area (Å²) in [4.78, 5) is 25.3. The number of aromatic nitrogens is 1. The van der Waals surface area contributed by atoms with Gasteiger partial charge in [-0.1, -0.05) is 6.58 Å². The van der Waals surface area contributed by atoms with Crippen molar-refractivity contribution in [2.45, 2.75) is 32.8 Å². The molecule has 2 aromatic rings. The van der Waals surface area contributed by atoms with E-state index in [9.17, 15) is 23.1 Å². The molecule has 9 nitrogen and oxygen atoms in total. The Hall–Kier alpha value is -2.85. The molecule has 0 aliphatic heterocycles. The first-order chi connectivity index (χ1) is 13.8. The summed E-state index contributed by atoms with van der Waals surface area (Å²) in [7, 11) is -2.63. The zero-order valence-corrected chi connectivity index (χ0v) is 18.3. The van der Waals surface area contributed by atoms with E-state index in [1.54, 1.807) is 20.8 Å². The first-order valence-electron chi connectivity index (χ1n) is 8.97. The van der Waals surface area contributed by atoms with E-state index in [0.717, 1.165) is 10.8 Å². The molecule has 10 heteroatoms. The van der Waals surface area contributed by atoms with Gasteiger partial charge >= 0.3 is 22.2 Å². The number of fused-ring (bicyclic) bond motifs is 1. The number of esters is 1. The maximum absolute atomic E-state index is 13.1. The van der Waals surface area contributed by atoms with Crippen LogP contribution in [0.5, 0.6) is 5.75 Å². The lowest BCUT2D eigenvalue weighted by atomic mass is 10.0. The van der Waals surface area contributed by atoms with Crippen molar-refractivity contribution >= 4 is 38.7 Å². The highest BCUT2D eigenvalue weighted by Crippen LogP contribution is 2.34. The summed E-state index contributed by atoms with van der Waals surface area (Å²) in [5.74, 6) is -0.799. The summed E-state index contributed by atoms with van der Waals surface area (Å²) < 4.78 is 39.3. The molecule has 0 radical (unpaired) electrons. The van der Waals surface area contributed by atoms with Gasteiger partial charge in [0.1, 0.15) is 11.4 Å². The molecule has 30 heavy (non-hydrogen) atoms. The Kier molecular flexibility index (Phi) is 6.63. The zero-order chi connectivity index (χ0) is 22.9. The number of benzene rings is 1. The van der Waals surface area contributed by atoms with E-state index < -0.39 is 27.8 Å². The van der Waals surface area contributed by atoms with Crippen LogP contribution in [0.1, 0.15) is 32.0 Å². The molecule has 0 unspecified atom stereocenters. The van der Waals surface area contributed by atoms with E-state index in [1.165, 1.54) is 25.3 Å². The van der Waals surface area contributed by atoms with Crippen LogP contribution in [0.3, 0.4) is 0 Å². The van der Waals surface area contributed by atoms with Crippen LogP contribution in [-0.4, -0.2) is 55.7 Å². The lowest BCUT2D eigenvalue weighted by Crippen LogP contribution is -2.28. The second kappa shape index (κ2) is 8.49. The molecular weight excluding hydrogens is 414 g/mol. The van der Waals surface area contributed by atoms with Crippen LogP contribution in [0.25, 0.3) is 16.5 Å². The highest BCUT2D eigenvalue weighted by atomic mass is 32.2. The fraction of sp³-hybridized carbons (Fsp3) is 0.400. The number of aliphatic hydroxyl groups excluding tert-OH is 1. The Balaban J connectivity index is 2.89. The number of ether oxygens (including phenoxy) is 2. The van der Waals surface area contributed by atoms with Gasteiger partial charge in [0.15, 0.2) is 0 Å². The number of methoxy groups -OCH3 is 1. The molecule has 0 aliphatic rings. The van der Waals surface area contributed by atoms with Crippen molar-refractivity contribution in [1.82, 2.24) is 4.57 Å². The van der Waals surface area contributed by atoms with Crippen molar-refractivity contribution in [2.24, 2.45) is 0 Å². The summed E-state index contributed by atoms with van der Waals surface area (Å²) in [6.07, 6.45) is 0.184. The average Bonchev–Trinajstić information content (AvgIpc) is 2.91. The third kappa shape index (κ3) is 5.19. The van der Waals surface area contributed by atoms with E-state index in [2.05, 4.69) is 6.58 Å². The first kappa shape index (κ1) is 23.4. The number of hydrogen-bond acceptors (Lipinski definition) is 8. The van der Waals surface area contributed by atoms with Crippen LogP contribution < -0.4 is 4.18 Å². The van der Waals surface area contributed by atoms with Crippen LogP contribution in [0.15, 0.2) is 24.8 Å². The topological polar surface area (TPSA) is 121 Å². The SMILES string of the molecule is C=C(C(=O)OC)c1c(CCO)c2ccc(OS(C)(=O)=O)cc2n1C(=O)OC(C)(C)C. The second-order valence-corrected chi connectivity index (χ2v) is 9.13. The smallest absolute Gasteiger partial charge is 0.419 e. The van der Waals surface area contributed by atoms with E-state index in [1.807, 2.05) is 0 Å². The molecule has 1 aromatic heterocycles. The largest absolute Gasteiger partial charge is 0.465 e. The second-order valence-electron chi connectivity index (χ2n) is 7.55. The quantitative estimate of drug-likeness (QED) is 0.414. The fourth-order valence-corrected chi connectivity index (χ4v) is 3.41. The van der Waals surface area contributed by atoms with Gasteiger partial charge in [-0.2, -0.15) is 8.42 Å². The zero-order valence-electron chi connectivity index (χ0n) is 17.5. The first-order valence-corrected chi connectivity index (χ1v) is 10.8. The molecule has 0 aliphatic carbocycles. The Bertz CT molecular complexity index is 1110. The molecule has 0 atom stereocenters. The van der Waals surface area contributed by atoms with Crippen molar-refractivity contribution in [3.63, 3.8) is 0 Å². The molecule has 0 amide bonds. The van der Waals surface area contributed by atoms with Gasteiger partial charge in [-0.05, 0) is 44.9 Å². The van der Waals surface area contributed by atoms with Crippen LogP contribution in [-0.2, 0) is 30.8 Å². The Morgan fingerprint density at radius 1 is 1.23 bits per heavy atom. The maximum atomic E-state index is 13.1. The van der Waals surface area contributed by atoms with Gasteiger partial charge in [-0.15, -0.1) is 0 Å². The molecule has 2 rings (SSSR count). The van der Waals surface area contributed by atoms with E-state index in [-0.39, 0.29) is 35.6 Å². The van der Waals surface area contributed by atoms with Gasteiger partial charge in [0.05, 0.1) is 30.1 Å². The third-order valence-corrected chi connectivity index (χ3v) is 4.44. The van der Waals surface area contributed by atoms with Gasteiger partial charge in [0.25, 0.3) is 0 Å². The molecular formula is C20H25NO8S. The predicted octanol–water partition coefficient (Wildman–Crippen LogP) is 2.48. The number of nitrogens with zero attached hydrogens (tertiary/aromatic N) is 1. The molecule has 164 valence electrons. The summed E-state index contributed by atoms with van der Waals surface area (Å²) >= 11 is 0. The number of hydrogen-bond donors (Lipinski definition) is 1. The number of carbonyl (C=O) groups is 2. The number of carbonyl (C=O) groups excluding carboxylic acids is 2. The van der Waals surface area contributed by atoms with Crippen LogP contribution in [0, 0.1) is 0 Å².